The maximum absolute atomic E-state index is 12.3. The number of nitrogens with one attached hydrogen (secondary N) is 3. The third kappa shape index (κ3) is 24.0. The van der Waals surface area contributed by atoms with E-state index in [-0.39, 0.29) is 38.5 Å². The Morgan fingerprint density at radius 2 is 0.977 bits per heavy atom. The van der Waals surface area contributed by atoms with Crippen LogP contribution in [0.25, 0.3) is 0 Å². The Kier molecular flexibility index (Phi) is 23.8. The van der Waals surface area contributed by atoms with E-state index in [1.54, 1.807) is 6.29 Å². The molecule has 0 aliphatic heterocycles. The Balaban J connectivity index is 4.18. The summed E-state index contributed by atoms with van der Waals surface area (Å²) < 4.78 is 0. The number of hydrogen-bond acceptors (Lipinski definition) is 8. The minimum atomic E-state index is -1.34. The molecule has 0 spiro atoms. The van der Waals surface area contributed by atoms with Crippen molar-refractivity contribution in [3.05, 3.63) is 0 Å². The average Bonchev–Trinajstić information content (AvgIpc) is 2.96. The summed E-state index contributed by atoms with van der Waals surface area (Å²) in [7, 11) is 0. The SMILES string of the molecule is N[C@H]([C]=O)CCCCNC(=O)CC[C@H](NC(=O)CCC(NC(=O)CCCCCCCCCCCCC(=O)O)C(=O)O)C(=O)O. The maximum atomic E-state index is 12.3. The quantitative estimate of drug-likeness (QED) is 0.0593. The van der Waals surface area contributed by atoms with Gasteiger partial charge in [-0.15, -0.1) is 0 Å². The molecule has 0 aliphatic carbocycles. The molecule has 0 aromatic heterocycles. The minimum Gasteiger partial charge on any atom is -0.481 e. The molecule has 0 saturated heterocycles. The molecule has 0 aromatic carbocycles. The van der Waals surface area contributed by atoms with Gasteiger partial charge in [-0.3, -0.25) is 24.0 Å². The molecular weight excluding hydrogens is 576 g/mol. The van der Waals surface area contributed by atoms with E-state index in [1.165, 1.54) is 0 Å². The highest BCUT2D eigenvalue weighted by molar-refractivity contribution is 5.86. The zero-order chi connectivity index (χ0) is 33.2. The zero-order valence-corrected chi connectivity index (χ0v) is 25.7. The molecule has 8 N–H and O–H groups in total. The van der Waals surface area contributed by atoms with E-state index in [4.69, 9.17) is 10.8 Å². The molecule has 3 atom stereocenters. The van der Waals surface area contributed by atoms with E-state index in [0.29, 0.717) is 38.6 Å². The van der Waals surface area contributed by atoms with E-state index in [9.17, 15) is 43.8 Å². The van der Waals surface area contributed by atoms with Crippen LogP contribution in [0.1, 0.15) is 122 Å². The molecule has 3 amide bonds. The predicted octanol–water partition coefficient (Wildman–Crippen LogP) is 2.17. The Labute approximate surface area is 259 Å². The van der Waals surface area contributed by atoms with Gasteiger partial charge in [0.05, 0.1) is 6.04 Å². The monoisotopic (exact) mass is 627 g/mol. The number of carboxylic acid groups (broad SMARTS) is 3. The average molecular weight is 628 g/mol. The molecule has 1 radical (unpaired) electrons. The van der Waals surface area contributed by atoms with Crippen LogP contribution < -0.4 is 21.7 Å². The number of amides is 3. The van der Waals surface area contributed by atoms with Crippen molar-refractivity contribution in [1.82, 2.24) is 16.0 Å². The van der Waals surface area contributed by atoms with Crippen molar-refractivity contribution in [1.29, 1.82) is 0 Å². The molecule has 0 aliphatic rings. The van der Waals surface area contributed by atoms with Gasteiger partial charge in [-0.05, 0) is 44.9 Å². The summed E-state index contributed by atoms with van der Waals surface area (Å²) in [5.74, 6) is -4.93. The summed E-state index contributed by atoms with van der Waals surface area (Å²) in [6.07, 6.45) is 12.2. The fraction of sp³-hybridized carbons (Fsp3) is 0.767. The lowest BCUT2D eigenvalue weighted by Crippen LogP contribution is -2.44. The second kappa shape index (κ2) is 25.9. The van der Waals surface area contributed by atoms with Crippen LogP contribution in [0.5, 0.6) is 0 Å². The van der Waals surface area contributed by atoms with E-state index in [2.05, 4.69) is 16.0 Å². The highest BCUT2D eigenvalue weighted by Crippen LogP contribution is 2.12. The third-order valence-corrected chi connectivity index (χ3v) is 7.05. The molecule has 44 heavy (non-hydrogen) atoms. The third-order valence-electron chi connectivity index (χ3n) is 7.05. The molecule has 14 nitrogen and oxygen atoms in total. The first-order valence-electron chi connectivity index (χ1n) is 15.6. The molecule has 0 rings (SSSR count). The van der Waals surface area contributed by atoms with E-state index in [0.717, 1.165) is 51.4 Å². The lowest BCUT2D eigenvalue weighted by atomic mass is 10.0. The summed E-state index contributed by atoms with van der Waals surface area (Å²) in [6, 6.07) is -3.29. The Morgan fingerprint density at radius 3 is 1.43 bits per heavy atom. The first-order valence-corrected chi connectivity index (χ1v) is 15.6. The van der Waals surface area contributed by atoms with Gasteiger partial charge in [0.1, 0.15) is 12.1 Å². The van der Waals surface area contributed by atoms with Crippen LogP contribution in [-0.2, 0) is 33.6 Å². The largest absolute Gasteiger partial charge is 0.481 e. The molecule has 0 aromatic rings. The topological polar surface area (TPSA) is 242 Å². The minimum absolute atomic E-state index is 0.150. The number of carboxylic acids is 3. The van der Waals surface area contributed by atoms with E-state index < -0.39 is 53.8 Å². The normalized spacial score (nSPS) is 12.8. The smallest absolute Gasteiger partial charge is 0.326 e. The van der Waals surface area contributed by atoms with Gasteiger partial charge in [0.2, 0.25) is 24.0 Å². The summed E-state index contributed by atoms with van der Waals surface area (Å²) in [6.45, 7) is 0.330. The van der Waals surface area contributed by atoms with Gasteiger partial charge < -0.3 is 37.0 Å². The van der Waals surface area contributed by atoms with E-state index >= 15 is 0 Å². The molecule has 0 fully saturated rings. The fourth-order valence-electron chi connectivity index (χ4n) is 4.44. The van der Waals surface area contributed by atoms with Crippen LogP contribution in [0, 0.1) is 0 Å². The molecule has 251 valence electrons. The first kappa shape index (κ1) is 40.5. The Bertz CT molecular complexity index is 899. The van der Waals surface area contributed by atoms with Crippen LogP contribution in [0.3, 0.4) is 0 Å². The molecule has 0 saturated carbocycles. The Morgan fingerprint density at radius 1 is 0.545 bits per heavy atom. The van der Waals surface area contributed by atoms with Gasteiger partial charge in [0, 0.05) is 32.2 Å². The van der Waals surface area contributed by atoms with Crippen LogP contribution in [0.15, 0.2) is 0 Å². The van der Waals surface area contributed by atoms with Gasteiger partial charge >= 0.3 is 17.9 Å². The van der Waals surface area contributed by atoms with E-state index in [1.807, 2.05) is 0 Å². The van der Waals surface area contributed by atoms with Gasteiger partial charge in [0.15, 0.2) is 0 Å². The van der Waals surface area contributed by atoms with Crippen molar-refractivity contribution in [3.8, 4) is 0 Å². The Hall–Kier alpha value is -3.55. The number of unbranched alkanes of at least 4 members (excludes halogenated alkanes) is 10. The van der Waals surface area contributed by atoms with Crippen LogP contribution >= 0.6 is 0 Å². The van der Waals surface area contributed by atoms with Crippen LogP contribution in [0.2, 0.25) is 0 Å². The lowest BCUT2D eigenvalue weighted by molar-refractivity contribution is -0.143. The van der Waals surface area contributed by atoms with Gasteiger partial charge in [-0.1, -0.05) is 51.4 Å². The molecule has 0 heterocycles. The second-order valence-corrected chi connectivity index (χ2v) is 11.0. The molecule has 14 heteroatoms. The van der Waals surface area contributed by atoms with Crippen molar-refractivity contribution in [2.75, 3.05) is 6.54 Å². The number of aliphatic carboxylic acids is 3. The second-order valence-electron chi connectivity index (χ2n) is 11.0. The van der Waals surface area contributed by atoms with Crippen molar-refractivity contribution in [2.24, 2.45) is 5.73 Å². The highest BCUT2D eigenvalue weighted by atomic mass is 16.4. The summed E-state index contributed by atoms with van der Waals surface area (Å²) in [5.41, 5.74) is 5.43. The predicted molar refractivity (Wildman–Crippen MR) is 161 cm³/mol. The zero-order valence-electron chi connectivity index (χ0n) is 25.7. The van der Waals surface area contributed by atoms with Crippen molar-refractivity contribution < 1.29 is 48.9 Å². The fourth-order valence-corrected chi connectivity index (χ4v) is 4.44. The summed E-state index contributed by atoms with van der Waals surface area (Å²) >= 11 is 0. The van der Waals surface area contributed by atoms with Gasteiger partial charge in [0.25, 0.3) is 0 Å². The van der Waals surface area contributed by atoms with Crippen LogP contribution in [-0.4, -0.2) is 81.9 Å². The van der Waals surface area contributed by atoms with Crippen molar-refractivity contribution in [2.45, 2.75) is 140 Å². The molecule has 0 bridgehead atoms. The standard InChI is InChI=1S/C30H51N4O10/c31-22(21-35)13-11-12-20-32-25(36)18-16-23(29(41)42)34-27(38)19-17-24(30(43)44)33-26(37)14-9-7-5-3-1-2-4-6-8-10-15-28(39)40/h22-24H,1-20,31H2,(H,32,36)(H,33,37)(H,34,38)(H,39,40)(H,41,42)(H,43,44)/t22-,23-,24?/m0/s1. The number of rotatable bonds is 29. The van der Waals surface area contributed by atoms with Crippen molar-refractivity contribution >= 4 is 41.9 Å². The molecular formula is C30H51N4O10. The van der Waals surface area contributed by atoms with Gasteiger partial charge in [-0.25, -0.2) is 9.59 Å². The highest BCUT2D eigenvalue weighted by Gasteiger charge is 2.24. The van der Waals surface area contributed by atoms with Crippen LogP contribution in [0.4, 0.5) is 0 Å². The first-order chi connectivity index (χ1) is 21.0. The summed E-state index contributed by atoms with van der Waals surface area (Å²) in [4.78, 5) is 80.5. The maximum Gasteiger partial charge on any atom is 0.326 e. The number of carbonyl (C=O) groups excluding carboxylic acids is 4. The number of hydrogen-bond donors (Lipinski definition) is 7. The lowest BCUT2D eigenvalue weighted by Gasteiger charge is -2.17. The van der Waals surface area contributed by atoms with Crippen molar-refractivity contribution in [3.63, 3.8) is 0 Å². The summed E-state index contributed by atoms with van der Waals surface area (Å²) in [5, 5.41) is 34.8. The number of carbonyl (C=O) groups is 6. The molecule has 1 unspecified atom stereocenters. The number of nitrogens with two attached hydrogens (primary N) is 1. The van der Waals surface area contributed by atoms with Gasteiger partial charge in [-0.2, -0.15) is 0 Å².